The molecule has 1 atom stereocenters. The molecule has 2 rings (SSSR count). The monoisotopic (exact) mass is 341 g/mol. The zero-order chi connectivity index (χ0) is 17.1. The van der Waals surface area contributed by atoms with Crippen LogP contribution in [0.1, 0.15) is 24.4 Å². The van der Waals surface area contributed by atoms with Crippen LogP contribution in [0, 0.1) is 5.82 Å². The van der Waals surface area contributed by atoms with Gasteiger partial charge in [0.15, 0.2) is 6.04 Å². The summed E-state index contributed by atoms with van der Waals surface area (Å²) in [5, 5.41) is 16.2. The number of hydrazone groups is 1. The van der Waals surface area contributed by atoms with Crippen LogP contribution < -0.4 is 5.32 Å². The van der Waals surface area contributed by atoms with Crippen LogP contribution in [0.5, 0.6) is 0 Å². The third-order valence-electron chi connectivity index (χ3n) is 3.27. The van der Waals surface area contributed by atoms with Gasteiger partial charge in [-0.1, -0.05) is 17.7 Å². The van der Waals surface area contributed by atoms with E-state index in [1.165, 1.54) is 19.2 Å². The number of carboxylic acids is 1. The first kappa shape index (κ1) is 16.9. The largest absolute Gasteiger partial charge is 0.479 e. The maximum Gasteiger partial charge on any atom is 0.330 e. The van der Waals surface area contributed by atoms with Crippen LogP contribution in [-0.2, 0) is 14.4 Å². The highest BCUT2D eigenvalue weighted by molar-refractivity contribution is 6.39. The summed E-state index contributed by atoms with van der Waals surface area (Å²) < 4.78 is 13.5. The molecule has 2 amide bonds. The van der Waals surface area contributed by atoms with Crippen LogP contribution >= 0.6 is 11.6 Å². The van der Waals surface area contributed by atoms with Crippen molar-refractivity contribution in [3.8, 4) is 0 Å². The van der Waals surface area contributed by atoms with E-state index in [1.54, 1.807) is 0 Å². The second-order valence-corrected chi connectivity index (χ2v) is 5.29. The van der Waals surface area contributed by atoms with E-state index in [-0.39, 0.29) is 35.0 Å². The molecular formula is C14H13ClFN3O4. The van der Waals surface area contributed by atoms with E-state index in [0.29, 0.717) is 0 Å². The summed E-state index contributed by atoms with van der Waals surface area (Å²) in [5.74, 6) is -3.12. The number of carbonyl (C=O) groups is 3. The molecule has 0 fully saturated rings. The highest BCUT2D eigenvalue weighted by Gasteiger charge is 2.27. The molecule has 9 heteroatoms. The van der Waals surface area contributed by atoms with Gasteiger partial charge in [0, 0.05) is 19.9 Å². The Morgan fingerprint density at radius 1 is 1.43 bits per heavy atom. The van der Waals surface area contributed by atoms with Crippen LogP contribution in [0.2, 0.25) is 5.02 Å². The fraction of sp³-hybridized carbons (Fsp3) is 0.286. The van der Waals surface area contributed by atoms with E-state index in [2.05, 4.69) is 10.4 Å². The lowest BCUT2D eigenvalue weighted by Crippen LogP contribution is -2.41. The van der Waals surface area contributed by atoms with Crippen LogP contribution in [0.15, 0.2) is 23.3 Å². The number of halogens is 2. The second-order valence-electron chi connectivity index (χ2n) is 4.88. The summed E-state index contributed by atoms with van der Waals surface area (Å²) in [6.45, 7) is 0. The molecule has 2 N–H and O–H groups in total. The Balaban J connectivity index is 2.21. The van der Waals surface area contributed by atoms with Gasteiger partial charge in [0.05, 0.1) is 5.02 Å². The average Bonchev–Trinajstić information content (AvgIpc) is 2.50. The van der Waals surface area contributed by atoms with Crippen LogP contribution in [0.4, 0.5) is 4.39 Å². The van der Waals surface area contributed by atoms with Gasteiger partial charge in [0.25, 0.3) is 5.91 Å². The second kappa shape index (κ2) is 6.74. The Kier molecular flexibility index (Phi) is 4.95. The zero-order valence-corrected chi connectivity index (χ0v) is 12.8. The van der Waals surface area contributed by atoms with Gasteiger partial charge in [-0.25, -0.2) is 14.2 Å². The van der Waals surface area contributed by atoms with Gasteiger partial charge < -0.3 is 10.4 Å². The third-order valence-corrected chi connectivity index (χ3v) is 3.58. The Morgan fingerprint density at radius 3 is 2.70 bits per heavy atom. The highest BCUT2D eigenvalue weighted by atomic mass is 35.5. The SMILES string of the molecule is CN1N=C(C(=O)N[C@H](C(=O)O)c2ccc(Cl)c(F)c2)CCC1=O. The van der Waals surface area contributed by atoms with E-state index in [4.69, 9.17) is 11.6 Å². The highest BCUT2D eigenvalue weighted by Crippen LogP contribution is 2.21. The number of aliphatic carboxylic acids is 1. The zero-order valence-electron chi connectivity index (χ0n) is 12.0. The minimum atomic E-state index is -1.46. The molecule has 0 saturated carbocycles. The fourth-order valence-electron chi connectivity index (χ4n) is 2.03. The number of hydrogen-bond donors (Lipinski definition) is 2. The molecule has 0 spiro atoms. The van der Waals surface area contributed by atoms with Gasteiger partial charge >= 0.3 is 5.97 Å². The van der Waals surface area contributed by atoms with Gasteiger partial charge in [0.2, 0.25) is 5.91 Å². The Hall–Kier alpha value is -2.48. The molecular weight excluding hydrogens is 329 g/mol. The molecule has 0 bridgehead atoms. The van der Waals surface area contributed by atoms with Crippen LogP contribution in [0.25, 0.3) is 0 Å². The number of carbonyl (C=O) groups excluding carboxylic acids is 2. The molecule has 1 aliphatic heterocycles. The van der Waals surface area contributed by atoms with E-state index in [9.17, 15) is 23.9 Å². The number of benzene rings is 1. The third kappa shape index (κ3) is 3.84. The molecule has 0 saturated heterocycles. The first-order valence-electron chi connectivity index (χ1n) is 6.62. The van der Waals surface area contributed by atoms with E-state index >= 15 is 0 Å². The molecule has 23 heavy (non-hydrogen) atoms. The van der Waals surface area contributed by atoms with Crippen LogP contribution in [-0.4, -0.2) is 40.7 Å². The minimum absolute atomic E-state index is 0.0350. The average molecular weight is 342 g/mol. The van der Waals surface area contributed by atoms with E-state index in [1.807, 2.05) is 0 Å². The maximum absolute atomic E-state index is 13.5. The summed E-state index contributed by atoms with van der Waals surface area (Å²) in [6, 6.07) is 2.00. The van der Waals surface area contributed by atoms with Gasteiger partial charge in [-0.15, -0.1) is 0 Å². The molecule has 0 unspecified atom stereocenters. The van der Waals surface area contributed by atoms with Gasteiger partial charge in [-0.3, -0.25) is 9.59 Å². The molecule has 1 aromatic rings. The number of hydrogen-bond acceptors (Lipinski definition) is 4. The number of amides is 2. The lowest BCUT2D eigenvalue weighted by molar-refractivity contribution is -0.141. The van der Waals surface area contributed by atoms with Crippen molar-refractivity contribution in [1.29, 1.82) is 0 Å². The standard InChI is InChI=1S/C14H13ClFN3O4/c1-19-11(20)5-4-10(18-19)13(21)17-12(14(22)23)7-2-3-8(15)9(16)6-7/h2-3,6,12H,4-5H2,1H3,(H,17,21)(H,22,23)/t12-/m0/s1. The molecule has 1 aromatic carbocycles. The minimum Gasteiger partial charge on any atom is -0.479 e. The Morgan fingerprint density at radius 2 is 2.13 bits per heavy atom. The quantitative estimate of drug-likeness (QED) is 0.863. The smallest absolute Gasteiger partial charge is 0.330 e. The summed E-state index contributed by atoms with van der Waals surface area (Å²) in [5.41, 5.74) is 0.0707. The van der Waals surface area contributed by atoms with E-state index < -0.39 is 23.7 Å². The van der Waals surface area contributed by atoms with Crippen molar-refractivity contribution in [3.05, 3.63) is 34.6 Å². The molecule has 122 valence electrons. The summed E-state index contributed by atoms with van der Waals surface area (Å²) in [4.78, 5) is 34.8. The topological polar surface area (TPSA) is 99.1 Å². The molecule has 1 heterocycles. The van der Waals surface area contributed by atoms with Gasteiger partial charge in [-0.2, -0.15) is 5.10 Å². The predicted octanol–water partition coefficient (Wildman–Crippen LogP) is 1.33. The number of nitrogens with zero attached hydrogens (tertiary/aromatic N) is 2. The summed E-state index contributed by atoms with van der Waals surface area (Å²) >= 11 is 5.56. The van der Waals surface area contributed by atoms with E-state index in [0.717, 1.165) is 11.1 Å². The Bertz CT molecular complexity index is 707. The van der Waals surface area contributed by atoms with Crippen molar-refractivity contribution in [2.75, 3.05) is 7.05 Å². The van der Waals surface area contributed by atoms with Crippen molar-refractivity contribution in [1.82, 2.24) is 10.3 Å². The van der Waals surface area contributed by atoms with Crippen molar-refractivity contribution in [3.63, 3.8) is 0 Å². The van der Waals surface area contributed by atoms with Crippen LogP contribution in [0.3, 0.4) is 0 Å². The lowest BCUT2D eigenvalue weighted by Gasteiger charge is -2.21. The maximum atomic E-state index is 13.5. The lowest BCUT2D eigenvalue weighted by atomic mass is 10.1. The fourth-order valence-corrected chi connectivity index (χ4v) is 2.14. The Labute approximate surface area is 135 Å². The number of carboxylic acid groups (broad SMARTS) is 1. The van der Waals surface area contributed by atoms with Crippen molar-refractivity contribution < 1.29 is 23.9 Å². The number of nitrogens with one attached hydrogen (secondary N) is 1. The van der Waals surface area contributed by atoms with Gasteiger partial charge in [0.1, 0.15) is 11.5 Å². The van der Waals surface area contributed by atoms with Crippen molar-refractivity contribution in [2.24, 2.45) is 5.10 Å². The predicted molar refractivity (Wildman–Crippen MR) is 79.4 cm³/mol. The summed E-state index contributed by atoms with van der Waals surface area (Å²) in [6.07, 6.45) is 0.215. The number of rotatable bonds is 4. The molecule has 0 radical (unpaired) electrons. The molecule has 1 aliphatic rings. The summed E-state index contributed by atoms with van der Waals surface area (Å²) in [7, 11) is 1.40. The van der Waals surface area contributed by atoms with Crippen molar-refractivity contribution >= 4 is 35.1 Å². The van der Waals surface area contributed by atoms with Gasteiger partial charge in [-0.05, 0) is 17.7 Å². The normalized spacial score (nSPS) is 15.9. The van der Waals surface area contributed by atoms with Crippen molar-refractivity contribution in [2.45, 2.75) is 18.9 Å². The first-order chi connectivity index (χ1) is 10.8. The first-order valence-corrected chi connectivity index (χ1v) is 7.00. The molecule has 7 nitrogen and oxygen atoms in total. The molecule has 0 aromatic heterocycles. The molecule has 0 aliphatic carbocycles.